The summed E-state index contributed by atoms with van der Waals surface area (Å²) in [7, 11) is 0. The monoisotopic (exact) mass is 297 g/mol. The lowest BCUT2D eigenvalue weighted by molar-refractivity contribution is 0.447. The normalized spacial score (nSPS) is 12.0. The van der Waals surface area contributed by atoms with Gasteiger partial charge in [-0.2, -0.15) is 0 Å². The number of hydrogen-bond donors (Lipinski definition) is 1. The fourth-order valence-corrected chi connectivity index (χ4v) is 2.26. The van der Waals surface area contributed by atoms with Crippen molar-refractivity contribution in [3.05, 3.63) is 35.4 Å². The van der Waals surface area contributed by atoms with Crippen LogP contribution >= 0.6 is 0 Å². The van der Waals surface area contributed by atoms with Crippen LogP contribution in [0.25, 0.3) is 11.3 Å². The molecular weight excluding hydrogens is 279 g/mol. The summed E-state index contributed by atoms with van der Waals surface area (Å²) in [5.74, 6) is -2.99. The number of rotatable bonds is 2. The molecule has 1 heterocycles. The molecule has 2 aromatic rings. The van der Waals surface area contributed by atoms with Crippen molar-refractivity contribution in [2.75, 3.05) is 5.73 Å². The summed E-state index contributed by atoms with van der Waals surface area (Å²) < 4.78 is 41.6. The van der Waals surface area contributed by atoms with Crippen molar-refractivity contribution >= 4 is 5.82 Å². The number of nitrogens with zero attached hydrogens (tertiary/aromatic N) is 2. The predicted molar refractivity (Wildman–Crippen MR) is 76.3 cm³/mol. The van der Waals surface area contributed by atoms with Crippen LogP contribution in [0.3, 0.4) is 0 Å². The molecule has 0 saturated carbocycles. The molecule has 0 amide bonds. The molecule has 3 nitrogen and oxygen atoms in total. The molecular formula is C15H18F3N3. The van der Waals surface area contributed by atoms with Crippen LogP contribution in [0.2, 0.25) is 0 Å². The molecule has 0 bridgehead atoms. The molecule has 0 saturated heterocycles. The third kappa shape index (κ3) is 2.62. The Balaban J connectivity index is 2.68. The number of halogens is 3. The van der Waals surface area contributed by atoms with Gasteiger partial charge in [0.15, 0.2) is 17.5 Å². The Kier molecular flexibility index (Phi) is 3.74. The summed E-state index contributed by atoms with van der Waals surface area (Å²) in [4.78, 5) is 4.42. The van der Waals surface area contributed by atoms with Crippen LogP contribution in [0.15, 0.2) is 12.1 Å². The van der Waals surface area contributed by atoms with E-state index in [9.17, 15) is 13.2 Å². The van der Waals surface area contributed by atoms with Crippen molar-refractivity contribution in [3.8, 4) is 11.3 Å². The SMILES string of the molecule is CCn1c(C(C)(C)C)nc(-c2cc(F)c(F)c(F)c2)c1N. The molecule has 0 spiro atoms. The van der Waals surface area contributed by atoms with Gasteiger partial charge in [0.25, 0.3) is 0 Å². The minimum Gasteiger partial charge on any atom is -0.383 e. The van der Waals surface area contributed by atoms with Gasteiger partial charge in [-0.05, 0) is 19.1 Å². The first-order valence-corrected chi connectivity index (χ1v) is 6.68. The zero-order chi connectivity index (χ0) is 15.9. The quantitative estimate of drug-likeness (QED) is 0.855. The lowest BCUT2D eigenvalue weighted by Crippen LogP contribution is -2.19. The average Bonchev–Trinajstić information content (AvgIpc) is 2.72. The highest BCUT2D eigenvalue weighted by molar-refractivity contribution is 5.71. The van der Waals surface area contributed by atoms with Crippen molar-refractivity contribution in [2.24, 2.45) is 0 Å². The minimum atomic E-state index is -1.50. The van der Waals surface area contributed by atoms with E-state index in [2.05, 4.69) is 4.98 Å². The molecule has 0 atom stereocenters. The molecule has 0 aliphatic heterocycles. The Morgan fingerprint density at radius 1 is 1.14 bits per heavy atom. The highest BCUT2D eigenvalue weighted by atomic mass is 19.2. The van der Waals surface area contributed by atoms with E-state index in [1.54, 1.807) is 4.57 Å². The van der Waals surface area contributed by atoms with E-state index in [-0.39, 0.29) is 16.7 Å². The highest BCUT2D eigenvalue weighted by Gasteiger charge is 2.25. The lowest BCUT2D eigenvalue weighted by atomic mass is 9.95. The standard InChI is InChI=1S/C15H18F3N3/c1-5-21-13(19)12(20-14(21)15(2,3)4)8-6-9(16)11(18)10(17)7-8/h6-7H,5,19H2,1-4H3. The van der Waals surface area contributed by atoms with Crippen molar-refractivity contribution in [1.29, 1.82) is 0 Å². The Labute approximate surface area is 121 Å². The molecule has 2 rings (SSSR count). The van der Waals surface area contributed by atoms with Crippen molar-refractivity contribution in [1.82, 2.24) is 9.55 Å². The topological polar surface area (TPSA) is 43.8 Å². The first-order valence-electron chi connectivity index (χ1n) is 6.68. The zero-order valence-electron chi connectivity index (χ0n) is 12.5. The number of hydrogen-bond acceptors (Lipinski definition) is 2. The molecule has 0 fully saturated rings. The zero-order valence-corrected chi connectivity index (χ0v) is 12.5. The Hall–Kier alpha value is -1.98. The Bertz CT molecular complexity index is 661. The van der Waals surface area contributed by atoms with Gasteiger partial charge < -0.3 is 10.3 Å². The van der Waals surface area contributed by atoms with Crippen molar-refractivity contribution < 1.29 is 13.2 Å². The van der Waals surface area contributed by atoms with Crippen LogP contribution in [0.4, 0.5) is 19.0 Å². The molecule has 1 aromatic heterocycles. The maximum Gasteiger partial charge on any atom is 0.194 e. The van der Waals surface area contributed by atoms with E-state index in [0.717, 1.165) is 12.1 Å². The van der Waals surface area contributed by atoms with Crippen LogP contribution in [-0.4, -0.2) is 9.55 Å². The molecule has 21 heavy (non-hydrogen) atoms. The third-order valence-corrected chi connectivity index (χ3v) is 3.25. The second kappa shape index (κ2) is 5.09. The van der Waals surface area contributed by atoms with Crippen LogP contribution in [0, 0.1) is 17.5 Å². The number of anilines is 1. The van der Waals surface area contributed by atoms with E-state index in [1.165, 1.54) is 0 Å². The smallest absolute Gasteiger partial charge is 0.194 e. The van der Waals surface area contributed by atoms with Crippen LogP contribution in [0.5, 0.6) is 0 Å². The maximum atomic E-state index is 13.4. The molecule has 1 aromatic carbocycles. The molecule has 0 unspecified atom stereocenters. The largest absolute Gasteiger partial charge is 0.383 e. The summed E-state index contributed by atoms with van der Waals surface area (Å²) in [5, 5.41) is 0. The van der Waals surface area contributed by atoms with Gasteiger partial charge in [-0.25, -0.2) is 18.2 Å². The maximum absolute atomic E-state index is 13.4. The number of nitrogen functional groups attached to an aromatic ring is 1. The number of imidazole rings is 1. The van der Waals surface area contributed by atoms with Gasteiger partial charge in [-0.1, -0.05) is 20.8 Å². The van der Waals surface area contributed by atoms with Gasteiger partial charge in [0.2, 0.25) is 0 Å². The molecule has 2 N–H and O–H groups in total. The van der Waals surface area contributed by atoms with E-state index >= 15 is 0 Å². The number of nitrogens with two attached hydrogens (primary N) is 1. The van der Waals surface area contributed by atoms with Gasteiger partial charge in [-0.3, -0.25) is 0 Å². The first-order chi connectivity index (χ1) is 9.66. The second-order valence-electron chi connectivity index (χ2n) is 5.92. The Morgan fingerprint density at radius 3 is 2.05 bits per heavy atom. The van der Waals surface area contributed by atoms with E-state index in [0.29, 0.717) is 18.2 Å². The first kappa shape index (κ1) is 15.4. The summed E-state index contributed by atoms with van der Waals surface area (Å²) in [6, 6.07) is 1.81. The summed E-state index contributed by atoms with van der Waals surface area (Å²) in [5.41, 5.74) is 6.16. The molecule has 114 valence electrons. The molecule has 0 aliphatic rings. The van der Waals surface area contributed by atoms with Gasteiger partial charge >= 0.3 is 0 Å². The van der Waals surface area contributed by atoms with Gasteiger partial charge in [-0.15, -0.1) is 0 Å². The number of benzene rings is 1. The summed E-state index contributed by atoms with van der Waals surface area (Å²) in [6.07, 6.45) is 0. The van der Waals surface area contributed by atoms with Gasteiger partial charge in [0.05, 0.1) is 0 Å². The molecule has 0 aliphatic carbocycles. The highest BCUT2D eigenvalue weighted by Crippen LogP contribution is 2.33. The second-order valence-corrected chi connectivity index (χ2v) is 5.92. The van der Waals surface area contributed by atoms with Crippen LogP contribution < -0.4 is 5.73 Å². The van der Waals surface area contributed by atoms with E-state index < -0.39 is 17.5 Å². The Morgan fingerprint density at radius 2 is 1.67 bits per heavy atom. The van der Waals surface area contributed by atoms with E-state index in [4.69, 9.17) is 5.73 Å². The van der Waals surface area contributed by atoms with Gasteiger partial charge in [0.1, 0.15) is 17.3 Å². The fraction of sp³-hybridized carbons (Fsp3) is 0.400. The average molecular weight is 297 g/mol. The van der Waals surface area contributed by atoms with Crippen LogP contribution in [-0.2, 0) is 12.0 Å². The van der Waals surface area contributed by atoms with Crippen LogP contribution in [0.1, 0.15) is 33.5 Å². The summed E-state index contributed by atoms with van der Waals surface area (Å²) in [6.45, 7) is 8.39. The molecule has 0 radical (unpaired) electrons. The molecule has 6 heteroatoms. The van der Waals surface area contributed by atoms with E-state index in [1.807, 2.05) is 27.7 Å². The summed E-state index contributed by atoms with van der Waals surface area (Å²) >= 11 is 0. The van der Waals surface area contributed by atoms with Gasteiger partial charge in [0, 0.05) is 17.5 Å². The van der Waals surface area contributed by atoms with Crippen molar-refractivity contribution in [2.45, 2.75) is 39.7 Å². The third-order valence-electron chi connectivity index (χ3n) is 3.25. The van der Waals surface area contributed by atoms with Crippen molar-refractivity contribution in [3.63, 3.8) is 0 Å². The lowest BCUT2D eigenvalue weighted by Gasteiger charge is -2.19. The minimum absolute atomic E-state index is 0.126. The fourth-order valence-electron chi connectivity index (χ4n) is 2.26. The number of aromatic nitrogens is 2. The predicted octanol–water partition coefficient (Wildman–Crippen LogP) is 3.87.